The normalized spacial score (nSPS) is 9.89. The molecule has 0 unspecified atom stereocenters. The van der Waals surface area contributed by atoms with Gasteiger partial charge in [0.2, 0.25) is 5.91 Å². The summed E-state index contributed by atoms with van der Waals surface area (Å²) >= 11 is 0. The maximum atomic E-state index is 12.1. The molecule has 0 heterocycles. The highest BCUT2D eigenvalue weighted by molar-refractivity contribution is 6.01. The van der Waals surface area contributed by atoms with Crippen molar-refractivity contribution < 1.29 is 19.8 Å². The van der Waals surface area contributed by atoms with Crippen LogP contribution in [0.4, 0.5) is 0 Å². The summed E-state index contributed by atoms with van der Waals surface area (Å²) in [6.07, 6.45) is 0. The molecule has 0 aliphatic heterocycles. The third kappa shape index (κ3) is 2.91. The van der Waals surface area contributed by atoms with E-state index in [0.29, 0.717) is 6.54 Å². The summed E-state index contributed by atoms with van der Waals surface area (Å²) in [5.41, 5.74) is -0.191. The molecule has 0 saturated heterocycles. The Labute approximate surface area is 105 Å². The van der Waals surface area contributed by atoms with Crippen LogP contribution in [0.25, 0.3) is 0 Å². The molecule has 18 heavy (non-hydrogen) atoms. The maximum Gasteiger partial charge on any atom is 0.261 e. The Kier molecular flexibility index (Phi) is 4.53. The minimum Gasteiger partial charge on any atom is -0.507 e. The van der Waals surface area contributed by atoms with Gasteiger partial charge in [-0.2, -0.15) is 0 Å². The van der Waals surface area contributed by atoms with Gasteiger partial charge in [0, 0.05) is 13.6 Å². The number of benzene rings is 1. The van der Waals surface area contributed by atoms with Crippen molar-refractivity contribution in [2.75, 3.05) is 20.1 Å². The van der Waals surface area contributed by atoms with Gasteiger partial charge >= 0.3 is 0 Å². The first-order chi connectivity index (χ1) is 8.51. The van der Waals surface area contributed by atoms with E-state index in [0.717, 1.165) is 0 Å². The molecular weight excluding hydrogens is 236 g/mol. The molecule has 0 bridgehead atoms. The number of carbonyl (C=O) groups is 2. The Hall–Kier alpha value is -2.24. The lowest BCUT2D eigenvalue weighted by molar-refractivity contribution is -0.121. The largest absolute Gasteiger partial charge is 0.507 e. The van der Waals surface area contributed by atoms with Crippen LogP contribution in [0.1, 0.15) is 17.3 Å². The van der Waals surface area contributed by atoms with Gasteiger partial charge in [-0.15, -0.1) is 0 Å². The Morgan fingerprint density at radius 2 is 1.83 bits per heavy atom. The van der Waals surface area contributed by atoms with Crippen molar-refractivity contribution in [3.05, 3.63) is 23.8 Å². The van der Waals surface area contributed by atoms with Crippen LogP contribution in [-0.2, 0) is 4.79 Å². The molecule has 3 N–H and O–H groups in total. The number of hydrogen-bond acceptors (Lipinski definition) is 4. The van der Waals surface area contributed by atoms with Gasteiger partial charge in [-0.1, -0.05) is 6.07 Å². The van der Waals surface area contributed by atoms with Gasteiger partial charge in [-0.25, -0.2) is 0 Å². The highest BCUT2D eigenvalue weighted by Gasteiger charge is 2.22. The number of likely N-dealkylation sites (N-methyl/N-ethyl adjacent to an activating group) is 2. The van der Waals surface area contributed by atoms with Crippen LogP contribution < -0.4 is 5.32 Å². The Morgan fingerprint density at radius 1 is 1.28 bits per heavy atom. The summed E-state index contributed by atoms with van der Waals surface area (Å²) in [5.74, 6) is -1.53. The van der Waals surface area contributed by atoms with E-state index in [1.807, 2.05) is 0 Å². The second kappa shape index (κ2) is 5.90. The van der Waals surface area contributed by atoms with E-state index in [-0.39, 0.29) is 29.5 Å². The van der Waals surface area contributed by atoms with Crippen LogP contribution in [0.2, 0.25) is 0 Å². The van der Waals surface area contributed by atoms with E-state index in [1.54, 1.807) is 6.92 Å². The predicted octanol–water partition coefficient (Wildman–Crippen LogP) is 0.306. The Morgan fingerprint density at radius 3 is 2.28 bits per heavy atom. The number of rotatable bonds is 4. The van der Waals surface area contributed by atoms with Crippen molar-refractivity contribution in [3.63, 3.8) is 0 Å². The topological polar surface area (TPSA) is 89.9 Å². The lowest BCUT2D eigenvalue weighted by Crippen LogP contribution is -2.39. The number of amides is 2. The number of hydrogen-bond donors (Lipinski definition) is 3. The van der Waals surface area contributed by atoms with Crippen LogP contribution in [0.3, 0.4) is 0 Å². The number of phenolic OH excluding ortho intramolecular Hbond substituents is 2. The minimum absolute atomic E-state index is 0.125. The van der Waals surface area contributed by atoms with Gasteiger partial charge in [0.15, 0.2) is 0 Å². The van der Waals surface area contributed by atoms with Gasteiger partial charge < -0.3 is 20.4 Å². The molecular formula is C12H16N2O4. The molecule has 0 atom stereocenters. The Balaban J connectivity index is 3.00. The quantitative estimate of drug-likeness (QED) is 0.719. The first-order valence-electron chi connectivity index (χ1n) is 5.52. The second-order valence-corrected chi connectivity index (χ2v) is 3.66. The van der Waals surface area contributed by atoms with Gasteiger partial charge in [-0.3, -0.25) is 9.59 Å². The summed E-state index contributed by atoms with van der Waals surface area (Å²) in [6.45, 7) is 1.87. The molecule has 0 saturated carbocycles. The zero-order chi connectivity index (χ0) is 13.7. The van der Waals surface area contributed by atoms with Crippen LogP contribution in [0.5, 0.6) is 11.5 Å². The number of nitrogens with zero attached hydrogens (tertiary/aromatic N) is 1. The molecule has 1 rings (SSSR count). The number of aromatic hydroxyl groups is 2. The molecule has 0 fully saturated rings. The zero-order valence-electron chi connectivity index (χ0n) is 10.3. The highest BCUT2D eigenvalue weighted by atomic mass is 16.3. The van der Waals surface area contributed by atoms with Gasteiger partial charge in [0.05, 0.1) is 6.54 Å². The first kappa shape index (κ1) is 13.8. The number of nitrogens with one attached hydrogen (secondary N) is 1. The molecule has 0 spiro atoms. The molecule has 1 aromatic rings. The molecule has 0 radical (unpaired) electrons. The van der Waals surface area contributed by atoms with Crippen LogP contribution in [0.15, 0.2) is 18.2 Å². The average Bonchev–Trinajstić information content (AvgIpc) is 2.35. The maximum absolute atomic E-state index is 12.1. The van der Waals surface area contributed by atoms with Crippen LogP contribution >= 0.6 is 0 Å². The second-order valence-electron chi connectivity index (χ2n) is 3.66. The average molecular weight is 252 g/mol. The van der Waals surface area contributed by atoms with E-state index in [4.69, 9.17) is 0 Å². The van der Waals surface area contributed by atoms with E-state index >= 15 is 0 Å². The smallest absolute Gasteiger partial charge is 0.261 e. The number of phenols is 2. The third-order valence-corrected chi connectivity index (χ3v) is 2.52. The van der Waals surface area contributed by atoms with Crippen molar-refractivity contribution in [2.24, 2.45) is 0 Å². The van der Waals surface area contributed by atoms with Crippen molar-refractivity contribution in [1.29, 1.82) is 0 Å². The highest BCUT2D eigenvalue weighted by Crippen LogP contribution is 2.27. The van der Waals surface area contributed by atoms with Gasteiger partial charge in [0.25, 0.3) is 5.91 Å². The predicted molar refractivity (Wildman–Crippen MR) is 65.4 cm³/mol. The molecule has 0 aliphatic carbocycles. The summed E-state index contributed by atoms with van der Waals surface area (Å²) in [7, 11) is 1.47. The lowest BCUT2D eigenvalue weighted by Gasteiger charge is -2.20. The lowest BCUT2D eigenvalue weighted by atomic mass is 10.1. The van der Waals surface area contributed by atoms with Crippen LogP contribution in [-0.4, -0.2) is 47.1 Å². The van der Waals surface area contributed by atoms with Crippen molar-refractivity contribution in [2.45, 2.75) is 6.92 Å². The molecule has 1 aromatic carbocycles. The molecule has 0 aromatic heterocycles. The molecule has 98 valence electrons. The van der Waals surface area contributed by atoms with Crippen molar-refractivity contribution in [3.8, 4) is 11.5 Å². The molecule has 2 amide bonds. The summed E-state index contributed by atoms with van der Waals surface area (Å²) in [6, 6.07) is 4.04. The number of carbonyl (C=O) groups excluding carboxylic acids is 2. The first-order valence-corrected chi connectivity index (χ1v) is 5.52. The SMILES string of the molecule is CCN(CC(=O)NC)C(=O)c1c(O)cccc1O. The third-order valence-electron chi connectivity index (χ3n) is 2.52. The molecule has 6 heteroatoms. The fourth-order valence-corrected chi connectivity index (χ4v) is 1.49. The van der Waals surface area contributed by atoms with Crippen LogP contribution in [0, 0.1) is 0 Å². The monoisotopic (exact) mass is 252 g/mol. The minimum atomic E-state index is -0.586. The van der Waals surface area contributed by atoms with Gasteiger partial charge in [0.1, 0.15) is 17.1 Å². The molecule has 0 aliphatic rings. The molecule has 6 nitrogen and oxygen atoms in total. The van der Waals surface area contributed by atoms with Crippen molar-refractivity contribution in [1.82, 2.24) is 10.2 Å². The van der Waals surface area contributed by atoms with E-state index in [1.165, 1.54) is 30.1 Å². The van der Waals surface area contributed by atoms with E-state index < -0.39 is 5.91 Å². The summed E-state index contributed by atoms with van der Waals surface area (Å²) in [5, 5.41) is 21.6. The Bertz CT molecular complexity index is 439. The van der Waals surface area contributed by atoms with E-state index in [9.17, 15) is 19.8 Å². The van der Waals surface area contributed by atoms with Crippen molar-refractivity contribution >= 4 is 11.8 Å². The van der Waals surface area contributed by atoms with E-state index in [2.05, 4.69) is 5.32 Å². The standard InChI is InChI=1S/C12H16N2O4/c1-3-14(7-10(17)13-2)12(18)11-8(15)5-4-6-9(11)16/h4-6,15-16H,3,7H2,1-2H3,(H,13,17). The summed E-state index contributed by atoms with van der Waals surface area (Å²) < 4.78 is 0. The van der Waals surface area contributed by atoms with Gasteiger partial charge in [-0.05, 0) is 19.1 Å². The fourth-order valence-electron chi connectivity index (χ4n) is 1.49. The summed E-state index contributed by atoms with van der Waals surface area (Å²) in [4.78, 5) is 24.6. The zero-order valence-corrected chi connectivity index (χ0v) is 10.3. The fraction of sp³-hybridized carbons (Fsp3) is 0.333.